The number of carbonyl (C=O) groups is 1. The molecule has 1 aromatic carbocycles. The Hall–Kier alpha value is -0.820. The molecule has 1 atom stereocenters. The van der Waals surface area contributed by atoms with E-state index in [-0.39, 0.29) is 42.3 Å². The van der Waals surface area contributed by atoms with Crippen LogP contribution in [0.5, 0.6) is 5.75 Å². The van der Waals surface area contributed by atoms with Gasteiger partial charge in [-0.2, -0.15) is 11.8 Å². The van der Waals surface area contributed by atoms with E-state index in [1.54, 1.807) is 18.9 Å². The Labute approximate surface area is 173 Å². The molecule has 1 fully saturated rings. The number of thioether (sulfide) groups is 1. The minimum atomic E-state index is -0.388. The van der Waals surface area contributed by atoms with Gasteiger partial charge in [0.05, 0.1) is 18.7 Å². The normalized spacial score (nSPS) is 17.0. The van der Waals surface area contributed by atoms with E-state index < -0.39 is 0 Å². The summed E-state index contributed by atoms with van der Waals surface area (Å²) in [5.41, 5.74) is 7.08. The predicted octanol–water partition coefficient (Wildman–Crippen LogP) is 3.05. The van der Waals surface area contributed by atoms with Gasteiger partial charge >= 0.3 is 0 Å². The summed E-state index contributed by atoms with van der Waals surface area (Å²) < 4.78 is 5.23. The molecule has 0 radical (unpaired) electrons. The second kappa shape index (κ2) is 11.1. The summed E-state index contributed by atoms with van der Waals surface area (Å²) in [5, 5.41) is 0. The SMILES string of the molecule is COc1ccc(N2CCN(C(=O)[C@@H](N)CCSC)CC2(C)C)cc1.Cl.Cl. The van der Waals surface area contributed by atoms with E-state index in [1.807, 2.05) is 23.3 Å². The third-order valence-electron chi connectivity index (χ3n) is 4.55. The summed E-state index contributed by atoms with van der Waals surface area (Å²) in [6, 6.07) is 7.70. The number of nitrogens with two attached hydrogens (primary N) is 1. The molecule has 2 N–H and O–H groups in total. The van der Waals surface area contributed by atoms with Crippen molar-refractivity contribution in [3.05, 3.63) is 24.3 Å². The molecular weight excluding hydrogens is 393 g/mol. The average Bonchev–Trinajstić information content (AvgIpc) is 2.58. The topological polar surface area (TPSA) is 58.8 Å². The van der Waals surface area contributed by atoms with E-state index in [4.69, 9.17) is 10.5 Å². The Kier molecular flexibility index (Phi) is 10.8. The van der Waals surface area contributed by atoms with E-state index in [2.05, 4.69) is 30.9 Å². The molecule has 1 heterocycles. The minimum Gasteiger partial charge on any atom is -0.497 e. The number of halogens is 2. The molecule has 150 valence electrons. The summed E-state index contributed by atoms with van der Waals surface area (Å²) in [4.78, 5) is 16.8. The first-order valence-corrected chi connectivity index (χ1v) is 9.73. The highest BCUT2D eigenvalue weighted by Crippen LogP contribution is 2.29. The Morgan fingerprint density at radius 2 is 1.88 bits per heavy atom. The zero-order valence-electron chi connectivity index (χ0n) is 15.9. The summed E-state index contributed by atoms with van der Waals surface area (Å²) in [7, 11) is 1.67. The number of hydrogen-bond acceptors (Lipinski definition) is 5. The third-order valence-corrected chi connectivity index (χ3v) is 5.19. The molecule has 0 bridgehead atoms. The first-order valence-electron chi connectivity index (χ1n) is 8.34. The number of anilines is 1. The molecule has 0 aliphatic carbocycles. The number of rotatable bonds is 6. The summed E-state index contributed by atoms with van der Waals surface area (Å²) >= 11 is 1.73. The van der Waals surface area contributed by atoms with E-state index >= 15 is 0 Å². The summed E-state index contributed by atoms with van der Waals surface area (Å²) in [5.74, 6) is 1.85. The Bertz CT molecular complexity index is 558. The molecule has 2 rings (SSSR count). The molecule has 0 saturated carbocycles. The molecule has 1 amide bonds. The molecule has 1 aliphatic rings. The van der Waals surface area contributed by atoms with Crippen LogP contribution in [0.3, 0.4) is 0 Å². The maximum Gasteiger partial charge on any atom is 0.239 e. The van der Waals surface area contributed by atoms with Crippen LogP contribution < -0.4 is 15.4 Å². The molecule has 1 aromatic rings. The van der Waals surface area contributed by atoms with Crippen LogP contribution in [0.1, 0.15) is 20.3 Å². The van der Waals surface area contributed by atoms with Crippen LogP contribution in [0.15, 0.2) is 24.3 Å². The number of ether oxygens (including phenoxy) is 1. The van der Waals surface area contributed by atoms with E-state index in [0.717, 1.165) is 30.2 Å². The Morgan fingerprint density at radius 3 is 2.38 bits per heavy atom. The fourth-order valence-electron chi connectivity index (χ4n) is 3.19. The van der Waals surface area contributed by atoms with Crippen LogP contribution in [0.2, 0.25) is 0 Å². The number of piperazine rings is 1. The van der Waals surface area contributed by atoms with Gasteiger partial charge in [0, 0.05) is 25.3 Å². The quantitative estimate of drug-likeness (QED) is 0.761. The van der Waals surface area contributed by atoms with Gasteiger partial charge in [0.15, 0.2) is 0 Å². The van der Waals surface area contributed by atoms with E-state index in [0.29, 0.717) is 13.1 Å². The van der Waals surface area contributed by atoms with Gasteiger partial charge in [0.2, 0.25) is 5.91 Å². The fourth-order valence-corrected chi connectivity index (χ4v) is 3.68. The van der Waals surface area contributed by atoms with Crippen LogP contribution in [0, 0.1) is 0 Å². The summed E-state index contributed by atoms with van der Waals surface area (Å²) in [6.45, 7) is 6.54. The maximum atomic E-state index is 12.6. The van der Waals surface area contributed by atoms with Crippen molar-refractivity contribution in [1.29, 1.82) is 0 Å². The molecule has 0 aromatic heterocycles. The van der Waals surface area contributed by atoms with Crippen molar-refractivity contribution >= 4 is 48.2 Å². The fraction of sp³-hybridized carbons (Fsp3) is 0.611. The lowest BCUT2D eigenvalue weighted by Gasteiger charge is -2.49. The van der Waals surface area contributed by atoms with Gasteiger partial charge in [-0.05, 0) is 56.5 Å². The van der Waals surface area contributed by atoms with Crippen molar-refractivity contribution in [1.82, 2.24) is 4.90 Å². The molecule has 1 aliphatic heterocycles. The molecule has 0 unspecified atom stereocenters. The van der Waals surface area contributed by atoms with Gasteiger partial charge in [-0.25, -0.2) is 0 Å². The van der Waals surface area contributed by atoms with Gasteiger partial charge in [0.1, 0.15) is 5.75 Å². The van der Waals surface area contributed by atoms with Crippen molar-refractivity contribution in [2.24, 2.45) is 5.73 Å². The van der Waals surface area contributed by atoms with Crippen LogP contribution in [0.4, 0.5) is 5.69 Å². The standard InChI is InChI=1S/C18H29N3O2S.2ClH/c1-18(2)13-20(17(22)16(19)9-12-24-4)10-11-21(18)14-5-7-15(23-3)8-6-14;;/h5-8,16H,9-13,19H2,1-4H3;2*1H/t16-;;/m0../s1. The predicted molar refractivity (Wildman–Crippen MR) is 116 cm³/mol. The van der Waals surface area contributed by atoms with Crippen LogP contribution >= 0.6 is 36.6 Å². The second-order valence-corrected chi connectivity index (χ2v) is 7.80. The lowest BCUT2D eigenvalue weighted by molar-refractivity contribution is -0.134. The zero-order chi connectivity index (χ0) is 17.7. The smallest absolute Gasteiger partial charge is 0.239 e. The van der Waals surface area contributed by atoms with Gasteiger partial charge in [-0.15, -0.1) is 24.8 Å². The molecule has 26 heavy (non-hydrogen) atoms. The van der Waals surface area contributed by atoms with Crippen molar-refractivity contribution in [2.75, 3.05) is 43.7 Å². The van der Waals surface area contributed by atoms with Crippen molar-refractivity contribution < 1.29 is 9.53 Å². The highest BCUT2D eigenvalue weighted by Gasteiger charge is 2.36. The molecule has 0 spiro atoms. The lowest BCUT2D eigenvalue weighted by Crippen LogP contribution is -2.62. The highest BCUT2D eigenvalue weighted by atomic mass is 35.5. The Balaban J connectivity index is 0.00000312. The van der Waals surface area contributed by atoms with Crippen molar-refractivity contribution in [3.63, 3.8) is 0 Å². The third kappa shape index (κ3) is 6.12. The lowest BCUT2D eigenvalue weighted by atomic mass is 9.97. The number of carbonyl (C=O) groups excluding carboxylic acids is 1. The summed E-state index contributed by atoms with van der Waals surface area (Å²) in [6.07, 6.45) is 2.77. The second-order valence-electron chi connectivity index (χ2n) is 6.81. The van der Waals surface area contributed by atoms with Gasteiger partial charge in [0.25, 0.3) is 0 Å². The first kappa shape index (κ1) is 25.2. The van der Waals surface area contributed by atoms with Crippen LogP contribution in [-0.2, 0) is 4.79 Å². The van der Waals surface area contributed by atoms with Crippen LogP contribution in [-0.4, -0.2) is 61.1 Å². The molecular formula is C18H31Cl2N3O2S. The highest BCUT2D eigenvalue weighted by molar-refractivity contribution is 7.98. The number of nitrogens with zero attached hydrogens (tertiary/aromatic N) is 2. The molecule has 8 heteroatoms. The van der Waals surface area contributed by atoms with Crippen LogP contribution in [0.25, 0.3) is 0 Å². The largest absolute Gasteiger partial charge is 0.497 e. The average molecular weight is 424 g/mol. The Morgan fingerprint density at radius 1 is 1.27 bits per heavy atom. The van der Waals surface area contributed by atoms with Gasteiger partial charge < -0.3 is 20.3 Å². The maximum absolute atomic E-state index is 12.6. The van der Waals surface area contributed by atoms with Gasteiger partial charge in [-0.3, -0.25) is 4.79 Å². The number of methoxy groups -OCH3 is 1. The number of hydrogen-bond donors (Lipinski definition) is 1. The van der Waals surface area contributed by atoms with Crippen molar-refractivity contribution in [3.8, 4) is 5.75 Å². The number of amides is 1. The van der Waals surface area contributed by atoms with E-state index in [9.17, 15) is 4.79 Å². The monoisotopic (exact) mass is 423 g/mol. The zero-order valence-corrected chi connectivity index (χ0v) is 18.4. The minimum absolute atomic E-state index is 0. The van der Waals surface area contributed by atoms with Gasteiger partial charge in [-0.1, -0.05) is 0 Å². The first-order chi connectivity index (χ1) is 11.4. The molecule has 5 nitrogen and oxygen atoms in total. The number of benzene rings is 1. The van der Waals surface area contributed by atoms with E-state index in [1.165, 1.54) is 0 Å². The van der Waals surface area contributed by atoms with Crippen molar-refractivity contribution in [2.45, 2.75) is 31.8 Å². The molecule has 1 saturated heterocycles.